The molecular weight excluding hydrogens is 1570 g/mol. The third-order valence-electron chi connectivity index (χ3n) is 25.5. The summed E-state index contributed by atoms with van der Waals surface area (Å²) in [5, 5.41) is 46.8. The summed E-state index contributed by atoms with van der Waals surface area (Å²) in [5.74, 6) is 0. The van der Waals surface area contributed by atoms with E-state index in [2.05, 4.69) is 138 Å². The van der Waals surface area contributed by atoms with Crippen molar-refractivity contribution in [1.82, 2.24) is 0 Å². The summed E-state index contributed by atoms with van der Waals surface area (Å²) in [6.45, 7) is 54.7. The van der Waals surface area contributed by atoms with Gasteiger partial charge in [0.05, 0.1) is 52.4 Å². The molecule has 0 radical (unpaired) electrons. The van der Waals surface area contributed by atoms with Crippen molar-refractivity contribution in [2.45, 2.75) is 264 Å². The maximum absolute atomic E-state index is 11.7. The molecule has 128 heavy (non-hydrogen) atoms. The topological polar surface area (TPSA) is 80.9 Å². The highest BCUT2D eigenvalue weighted by Crippen LogP contribution is 2.42. The largest absolute Gasteiger partial charge is 1.00 e. The van der Waals surface area contributed by atoms with E-state index in [0.717, 1.165) is 66.8 Å². The zero-order chi connectivity index (χ0) is 91.8. The minimum atomic E-state index is -1.14. The first-order valence-electron chi connectivity index (χ1n) is 47.9. The summed E-state index contributed by atoms with van der Waals surface area (Å²) in [7, 11) is 0. The molecule has 0 saturated carbocycles. The number of aryl methyl sites for hydroxylation is 12. The van der Waals surface area contributed by atoms with Crippen LogP contribution in [0, 0.1) is 83.1 Å². The van der Waals surface area contributed by atoms with Crippen LogP contribution < -0.4 is 9.41 Å². The average molecular weight is 1730 g/mol. The average Bonchev–Trinajstić information content (AvgIpc) is 0.780. The number of unbranched alkanes of at least 4 members (excludes halogenated alkanes) is 8. The van der Waals surface area contributed by atoms with E-state index in [-0.39, 0.29) is 9.41 Å². The van der Waals surface area contributed by atoms with Crippen molar-refractivity contribution in [3.8, 4) is 0 Å². The minimum Gasteiger partial charge on any atom is -1.00 e. The Labute approximate surface area is 774 Å². The standard InChI is InChI=1S/4C22H22O.2C16H36N.2FH/c4*1-16-4-10-19(11-5-16)22(23,20-12-6-17(2)7-13-20)21-14-8-18(3)9-15-21;2*1-5-9-13-17(14-10-6-2,15-11-7-3)16-12-8-4;;/h4*4-15,23H,1-3H3;2*5-16H2,1-4H3;2*1H/q;;;;2*+1;;/p-2. The Bertz CT molecular complexity index is 3860. The molecule has 12 aromatic carbocycles. The van der Waals surface area contributed by atoms with Crippen LogP contribution in [0.4, 0.5) is 0 Å². The highest BCUT2D eigenvalue weighted by atomic mass is 19.0. The monoisotopic (exact) mass is 1730 g/mol. The number of rotatable bonds is 36. The van der Waals surface area contributed by atoms with E-state index in [1.54, 1.807) is 0 Å². The van der Waals surface area contributed by atoms with Gasteiger partial charge in [0, 0.05) is 0 Å². The third-order valence-corrected chi connectivity index (χ3v) is 25.5. The predicted octanol–water partition coefficient (Wildman–Crippen LogP) is 23.6. The molecule has 0 amide bonds. The molecule has 0 atom stereocenters. The smallest absolute Gasteiger partial charge is 0.140 e. The van der Waals surface area contributed by atoms with Crippen LogP contribution in [-0.2, 0) is 22.4 Å². The number of benzene rings is 12. The van der Waals surface area contributed by atoms with Gasteiger partial charge in [-0.25, -0.2) is 0 Å². The molecule has 0 aromatic heterocycles. The summed E-state index contributed by atoms with van der Waals surface area (Å²) in [6.07, 6.45) is 22.1. The van der Waals surface area contributed by atoms with E-state index in [4.69, 9.17) is 0 Å². The first kappa shape index (κ1) is 109. The number of hydrogen-bond donors (Lipinski definition) is 4. The van der Waals surface area contributed by atoms with Gasteiger partial charge in [-0.3, -0.25) is 0 Å². The van der Waals surface area contributed by atoms with Crippen LogP contribution >= 0.6 is 0 Å². The maximum Gasteiger partial charge on any atom is 0.140 e. The third kappa shape index (κ3) is 31.3. The molecule has 0 fully saturated rings. The summed E-state index contributed by atoms with van der Waals surface area (Å²) in [6, 6.07) is 97.3. The number of nitrogens with zero attached hydrogens (tertiary/aromatic N) is 2. The number of quaternary nitrogens is 2. The number of aliphatic hydroxyl groups is 4. The van der Waals surface area contributed by atoms with Crippen LogP contribution in [0.1, 0.15) is 292 Å². The molecule has 688 valence electrons. The zero-order valence-corrected chi connectivity index (χ0v) is 82.1. The second-order valence-electron chi connectivity index (χ2n) is 36.5. The van der Waals surface area contributed by atoms with Gasteiger partial charge in [0.15, 0.2) is 0 Å². The van der Waals surface area contributed by atoms with E-state index in [1.807, 2.05) is 291 Å². The SMILES string of the molecule is CCCC[N+](CCCC)(CCCC)CCCC.CCCC[N+](CCCC)(CCCC)CCCC.Cc1ccc(C(O)(c2ccc(C)cc2)c2ccc(C)cc2)cc1.Cc1ccc(C(O)(c2ccc(C)cc2)c2ccc(C)cc2)cc1.Cc1ccc(C(O)(c2ccc(C)cc2)c2ccc(C)cc2)cc1.Cc1ccc(C(O)(c2ccc(C)cc2)c2ccc(C)cc2)cc1.[F-].[F-]. The molecule has 0 aliphatic carbocycles. The normalized spacial score (nSPS) is 11.4. The lowest BCUT2D eigenvalue weighted by Gasteiger charge is -2.39. The van der Waals surface area contributed by atoms with Gasteiger partial charge < -0.3 is 38.8 Å². The Morgan fingerprint density at radius 3 is 0.281 bits per heavy atom. The van der Waals surface area contributed by atoms with E-state index in [9.17, 15) is 20.4 Å². The van der Waals surface area contributed by atoms with Gasteiger partial charge in [-0.15, -0.1) is 0 Å². The van der Waals surface area contributed by atoms with Crippen molar-refractivity contribution in [3.05, 3.63) is 425 Å². The molecule has 0 bridgehead atoms. The molecule has 0 spiro atoms. The van der Waals surface area contributed by atoms with Gasteiger partial charge in [0.2, 0.25) is 0 Å². The van der Waals surface area contributed by atoms with E-state index >= 15 is 0 Å². The lowest BCUT2D eigenvalue weighted by Crippen LogP contribution is -3.00. The van der Waals surface area contributed by atoms with Crippen LogP contribution in [0.15, 0.2) is 291 Å². The van der Waals surface area contributed by atoms with E-state index < -0.39 is 22.4 Å². The maximum atomic E-state index is 11.7. The summed E-state index contributed by atoms with van der Waals surface area (Å²) in [5.41, 5.74) is 20.3. The lowest BCUT2D eigenvalue weighted by molar-refractivity contribution is -0.929. The van der Waals surface area contributed by atoms with Gasteiger partial charge >= 0.3 is 0 Å². The van der Waals surface area contributed by atoms with Crippen LogP contribution in [-0.4, -0.2) is 81.8 Å². The van der Waals surface area contributed by atoms with Crippen molar-refractivity contribution < 1.29 is 38.8 Å². The Morgan fingerprint density at radius 1 is 0.148 bits per heavy atom. The molecular formula is C120H160F2N2O4. The number of hydrogen-bond acceptors (Lipinski definition) is 4. The molecule has 8 heteroatoms. The second kappa shape index (κ2) is 54.7. The van der Waals surface area contributed by atoms with Gasteiger partial charge in [0.1, 0.15) is 22.4 Å². The second-order valence-corrected chi connectivity index (χ2v) is 36.5. The zero-order valence-electron chi connectivity index (χ0n) is 82.1. The fourth-order valence-corrected chi connectivity index (χ4v) is 16.8. The first-order valence-corrected chi connectivity index (χ1v) is 47.9. The molecule has 0 heterocycles. The van der Waals surface area contributed by atoms with E-state index in [0.29, 0.717) is 0 Å². The van der Waals surface area contributed by atoms with Crippen molar-refractivity contribution in [2.75, 3.05) is 52.4 Å². The highest BCUT2D eigenvalue weighted by molar-refractivity contribution is 5.53. The predicted molar refractivity (Wildman–Crippen MR) is 541 cm³/mol. The van der Waals surface area contributed by atoms with Crippen LogP contribution in [0.25, 0.3) is 0 Å². The fraction of sp³-hybridized carbons (Fsp3) is 0.400. The molecule has 0 aliphatic rings. The van der Waals surface area contributed by atoms with Crippen LogP contribution in [0.5, 0.6) is 0 Å². The summed E-state index contributed by atoms with van der Waals surface area (Å²) in [4.78, 5) is 0. The van der Waals surface area contributed by atoms with Crippen molar-refractivity contribution in [1.29, 1.82) is 0 Å². The van der Waals surface area contributed by atoms with Crippen molar-refractivity contribution >= 4 is 0 Å². The molecule has 12 rings (SSSR count). The fourth-order valence-electron chi connectivity index (χ4n) is 16.8. The number of halogens is 2. The summed E-state index contributed by atoms with van der Waals surface area (Å²) < 4.78 is 2.84. The molecule has 0 saturated heterocycles. The van der Waals surface area contributed by atoms with Gasteiger partial charge in [-0.2, -0.15) is 0 Å². The quantitative estimate of drug-likeness (QED) is 0.0233. The molecule has 0 aliphatic heterocycles. The molecule has 6 nitrogen and oxygen atoms in total. The molecule has 4 N–H and O–H groups in total. The van der Waals surface area contributed by atoms with Crippen LogP contribution in [0.2, 0.25) is 0 Å². The molecule has 12 aromatic rings. The lowest BCUT2D eigenvalue weighted by atomic mass is 9.80. The van der Waals surface area contributed by atoms with Gasteiger partial charge in [0.25, 0.3) is 0 Å². The van der Waals surface area contributed by atoms with Crippen molar-refractivity contribution in [2.24, 2.45) is 0 Å². The highest BCUT2D eigenvalue weighted by Gasteiger charge is 2.38. The molecule has 0 unspecified atom stereocenters. The van der Waals surface area contributed by atoms with Gasteiger partial charge in [-0.05, 0) is 201 Å². The van der Waals surface area contributed by atoms with E-state index in [1.165, 1.54) is 231 Å². The Morgan fingerprint density at radius 2 is 0.219 bits per heavy atom. The Hall–Kier alpha value is -9.74. The minimum absolute atomic E-state index is 0. The Balaban J connectivity index is 0.000000273. The summed E-state index contributed by atoms with van der Waals surface area (Å²) >= 11 is 0. The Kier molecular flexibility index (Phi) is 46.5. The van der Waals surface area contributed by atoms with Gasteiger partial charge in [-0.1, -0.05) is 465 Å². The first-order chi connectivity index (χ1) is 60.5. The van der Waals surface area contributed by atoms with Crippen LogP contribution in [0.3, 0.4) is 0 Å². The van der Waals surface area contributed by atoms with Crippen molar-refractivity contribution in [3.63, 3.8) is 0 Å².